The number of benzene rings is 1. The van der Waals surface area contributed by atoms with E-state index in [-0.39, 0.29) is 18.1 Å². The van der Waals surface area contributed by atoms with Crippen LogP contribution in [0.4, 0.5) is 11.8 Å². The Bertz CT molecular complexity index is 1070. The predicted molar refractivity (Wildman–Crippen MR) is 135 cm³/mol. The zero-order chi connectivity index (χ0) is 24.4. The zero-order valence-electron chi connectivity index (χ0n) is 20.6. The lowest BCUT2D eigenvalue weighted by molar-refractivity contribution is -0.0727. The van der Waals surface area contributed by atoms with E-state index in [1.807, 2.05) is 24.3 Å². The fourth-order valence-corrected chi connectivity index (χ4v) is 7.04. The van der Waals surface area contributed by atoms with Gasteiger partial charge in [-0.05, 0) is 68.3 Å². The Morgan fingerprint density at radius 1 is 1.20 bits per heavy atom. The number of nitrogens with zero attached hydrogens (tertiary/aromatic N) is 3. The summed E-state index contributed by atoms with van der Waals surface area (Å²) in [7, 11) is 1.66. The van der Waals surface area contributed by atoms with Gasteiger partial charge >= 0.3 is 0 Å². The SMILES string of the molecule is COc1ccccc1CNc1ncc(C#N)c(NCC23CC4CC(C2)C(NC(C)CO)[C@@H](C4)C3)n1. The Morgan fingerprint density at radius 2 is 1.97 bits per heavy atom. The molecular weight excluding hydrogens is 440 g/mol. The first-order valence-corrected chi connectivity index (χ1v) is 12.8. The molecule has 0 radical (unpaired) electrons. The van der Waals surface area contributed by atoms with Crippen LogP contribution in [-0.2, 0) is 6.54 Å². The van der Waals surface area contributed by atoms with Gasteiger partial charge in [-0.25, -0.2) is 4.98 Å². The molecule has 0 aliphatic heterocycles. The van der Waals surface area contributed by atoms with Gasteiger partial charge in [-0.1, -0.05) is 18.2 Å². The third-order valence-corrected chi connectivity index (χ3v) is 8.32. The van der Waals surface area contributed by atoms with Crippen LogP contribution in [0, 0.1) is 34.5 Å². The van der Waals surface area contributed by atoms with Crippen LogP contribution in [0.5, 0.6) is 5.75 Å². The average Bonchev–Trinajstić information content (AvgIpc) is 2.88. The number of methoxy groups -OCH3 is 1. The highest BCUT2D eigenvalue weighted by atomic mass is 16.5. The van der Waals surface area contributed by atoms with Crippen LogP contribution >= 0.6 is 0 Å². The van der Waals surface area contributed by atoms with E-state index in [0.717, 1.165) is 23.8 Å². The van der Waals surface area contributed by atoms with Gasteiger partial charge < -0.3 is 25.8 Å². The second kappa shape index (κ2) is 10.00. The molecule has 4 fully saturated rings. The summed E-state index contributed by atoms with van der Waals surface area (Å²) in [6.07, 6.45) is 7.81. The Balaban J connectivity index is 1.26. The van der Waals surface area contributed by atoms with Crippen molar-refractivity contribution in [2.24, 2.45) is 23.2 Å². The second-order valence-electron chi connectivity index (χ2n) is 10.8. The highest BCUT2D eigenvalue weighted by Crippen LogP contribution is 2.60. The number of hydrogen-bond donors (Lipinski definition) is 4. The number of aliphatic hydroxyl groups is 1. The predicted octanol–water partition coefficient (Wildman–Crippen LogP) is 3.55. The summed E-state index contributed by atoms with van der Waals surface area (Å²) >= 11 is 0. The van der Waals surface area contributed by atoms with E-state index in [0.29, 0.717) is 41.8 Å². The summed E-state index contributed by atoms with van der Waals surface area (Å²) < 4.78 is 5.43. The van der Waals surface area contributed by atoms with E-state index < -0.39 is 0 Å². The van der Waals surface area contributed by atoms with Crippen molar-refractivity contribution in [3.05, 3.63) is 41.6 Å². The van der Waals surface area contributed by atoms with Gasteiger partial charge in [-0.2, -0.15) is 10.2 Å². The highest BCUT2D eigenvalue weighted by Gasteiger charge is 2.55. The summed E-state index contributed by atoms with van der Waals surface area (Å²) in [5.41, 5.74) is 1.73. The fraction of sp³-hybridized carbons (Fsp3) is 0.593. The van der Waals surface area contributed by atoms with Crippen LogP contribution in [0.3, 0.4) is 0 Å². The van der Waals surface area contributed by atoms with Gasteiger partial charge in [0.05, 0.1) is 19.9 Å². The Morgan fingerprint density at radius 3 is 2.69 bits per heavy atom. The van der Waals surface area contributed by atoms with Crippen LogP contribution in [0.2, 0.25) is 0 Å². The number of aromatic nitrogens is 2. The van der Waals surface area contributed by atoms with Crippen molar-refractivity contribution >= 4 is 11.8 Å². The quantitative estimate of drug-likeness (QED) is 0.412. The van der Waals surface area contributed by atoms with Crippen LogP contribution < -0.4 is 20.7 Å². The molecule has 6 atom stereocenters. The molecule has 0 spiro atoms. The summed E-state index contributed by atoms with van der Waals surface area (Å²) in [4.78, 5) is 9.01. The summed E-state index contributed by atoms with van der Waals surface area (Å²) in [5.74, 6) is 4.02. The molecule has 1 heterocycles. The molecule has 0 amide bonds. The van der Waals surface area contributed by atoms with Gasteiger partial charge in [0, 0.05) is 30.7 Å². The number of nitrogens with one attached hydrogen (secondary N) is 3. The molecule has 4 aliphatic carbocycles. The van der Waals surface area contributed by atoms with Crippen molar-refractivity contribution in [1.82, 2.24) is 15.3 Å². The maximum atomic E-state index is 9.65. The lowest BCUT2D eigenvalue weighted by Gasteiger charge is -2.60. The number of nitriles is 1. The minimum Gasteiger partial charge on any atom is -0.496 e. The number of rotatable bonds is 10. The van der Waals surface area contributed by atoms with E-state index in [1.165, 1.54) is 32.1 Å². The Hall–Kier alpha value is -2.89. The molecule has 5 unspecified atom stereocenters. The smallest absolute Gasteiger partial charge is 0.224 e. The molecule has 35 heavy (non-hydrogen) atoms. The molecule has 1 aromatic carbocycles. The lowest BCUT2D eigenvalue weighted by Crippen LogP contribution is -2.61. The van der Waals surface area contributed by atoms with Crippen molar-refractivity contribution in [2.75, 3.05) is 30.9 Å². The van der Waals surface area contributed by atoms with Crippen LogP contribution in [0.25, 0.3) is 0 Å². The van der Waals surface area contributed by atoms with E-state index in [4.69, 9.17) is 4.74 Å². The summed E-state index contributed by atoms with van der Waals surface area (Å²) in [6.45, 7) is 3.62. The standard InChI is InChI=1S/C27H36N6O2/c1-17(15-34)32-24-20-7-18-8-21(24)11-27(9-18,10-20)16-31-25-22(12-28)14-30-26(33-25)29-13-19-5-3-4-6-23(19)35-2/h3-6,14,17-18,20-21,24,32,34H,7-11,13,15-16H2,1-2H3,(H2,29,30,31,33)/t17?,18?,20-,21?,24?,27?/m0/s1. The number of anilines is 2. The van der Waals surface area contributed by atoms with Crippen LogP contribution in [0.1, 0.15) is 50.2 Å². The van der Waals surface area contributed by atoms with Gasteiger partial charge in [0.25, 0.3) is 0 Å². The Labute approximate surface area is 207 Å². The molecule has 1 aromatic heterocycles. The van der Waals surface area contributed by atoms with E-state index in [9.17, 15) is 10.4 Å². The van der Waals surface area contributed by atoms with Crippen LogP contribution in [0.15, 0.2) is 30.5 Å². The molecule has 8 heteroatoms. The summed E-state index contributed by atoms with van der Waals surface area (Å²) in [5, 5.41) is 29.7. The van der Waals surface area contributed by atoms with E-state index in [1.54, 1.807) is 13.3 Å². The summed E-state index contributed by atoms with van der Waals surface area (Å²) in [6, 6.07) is 10.8. The monoisotopic (exact) mass is 476 g/mol. The molecule has 0 saturated heterocycles. The normalized spacial score (nSPS) is 29.4. The first kappa shape index (κ1) is 23.8. The average molecular weight is 477 g/mol. The maximum absolute atomic E-state index is 9.65. The molecular formula is C27H36N6O2. The van der Waals surface area contributed by atoms with Crippen molar-refractivity contribution in [3.8, 4) is 11.8 Å². The molecule has 4 N–H and O–H groups in total. The minimum atomic E-state index is 0.146. The van der Waals surface area contributed by atoms with Crippen molar-refractivity contribution in [1.29, 1.82) is 5.26 Å². The van der Waals surface area contributed by atoms with Gasteiger partial charge in [-0.3, -0.25) is 0 Å². The minimum absolute atomic E-state index is 0.146. The number of ether oxygens (including phenoxy) is 1. The third-order valence-electron chi connectivity index (χ3n) is 8.32. The molecule has 186 valence electrons. The Kier molecular flexibility index (Phi) is 6.81. The van der Waals surface area contributed by atoms with Gasteiger partial charge in [0.1, 0.15) is 23.2 Å². The topological polar surface area (TPSA) is 115 Å². The molecule has 6 rings (SSSR count). The highest BCUT2D eigenvalue weighted by molar-refractivity contribution is 5.53. The fourth-order valence-electron chi connectivity index (χ4n) is 7.04. The van der Waals surface area contributed by atoms with Gasteiger partial charge in [-0.15, -0.1) is 0 Å². The number of para-hydroxylation sites is 1. The van der Waals surface area contributed by atoms with Gasteiger partial charge in [0.2, 0.25) is 5.95 Å². The number of aliphatic hydroxyl groups excluding tert-OH is 1. The maximum Gasteiger partial charge on any atom is 0.224 e. The second-order valence-corrected chi connectivity index (χ2v) is 10.8. The molecule has 4 bridgehead atoms. The molecule has 4 saturated carbocycles. The van der Waals surface area contributed by atoms with E-state index >= 15 is 0 Å². The largest absolute Gasteiger partial charge is 0.496 e. The lowest BCUT2D eigenvalue weighted by atomic mass is 9.48. The zero-order valence-corrected chi connectivity index (χ0v) is 20.6. The van der Waals surface area contributed by atoms with E-state index in [2.05, 4.69) is 38.9 Å². The first-order valence-electron chi connectivity index (χ1n) is 12.8. The third kappa shape index (κ3) is 4.93. The van der Waals surface area contributed by atoms with Gasteiger partial charge in [0.15, 0.2) is 0 Å². The van der Waals surface area contributed by atoms with Crippen molar-refractivity contribution in [3.63, 3.8) is 0 Å². The first-order chi connectivity index (χ1) is 17.0. The molecule has 4 aliphatic rings. The van der Waals surface area contributed by atoms with Crippen LogP contribution in [-0.4, -0.2) is 47.4 Å². The van der Waals surface area contributed by atoms with Crippen molar-refractivity contribution < 1.29 is 9.84 Å². The van der Waals surface area contributed by atoms with Crippen molar-refractivity contribution in [2.45, 2.75) is 57.7 Å². The molecule has 8 nitrogen and oxygen atoms in total. The number of hydrogen-bond acceptors (Lipinski definition) is 8. The molecule has 2 aromatic rings.